The molecule has 0 N–H and O–H groups in total. The van der Waals surface area contributed by atoms with Gasteiger partial charge in [-0.15, -0.1) is 0 Å². The summed E-state index contributed by atoms with van der Waals surface area (Å²) in [6.07, 6.45) is 19.1. The summed E-state index contributed by atoms with van der Waals surface area (Å²) < 4.78 is 0. The standard InChI is InChI=1S/C14H24.C13H23N.C12H22N2.3CH4/c1-13(2,3)11-9-7-8-10-12(11)14(4,5)6;1-12(2,3)10-8-7-9-14-11(10)13(4,5)6;1-11(2,3)9-10(12(4,5)6)14-8-7-13-9;;;/h7-12H,1-6H3;7-11H,1-6H3;7-10H,1-6H3;3*1H4. The molecule has 0 fully saturated rings. The molecule has 6 unspecified atom stereocenters. The van der Waals surface area contributed by atoms with Gasteiger partial charge in [-0.1, -0.05) is 177 Å². The minimum atomic E-state index is 0. The van der Waals surface area contributed by atoms with E-state index in [-0.39, 0.29) is 38.5 Å². The molecule has 3 aliphatic rings. The number of nitrogens with zero attached hydrogens (tertiary/aromatic N) is 3. The average Bonchev–Trinajstić information content (AvgIpc) is 2.82. The molecule has 0 spiro atoms. The van der Waals surface area contributed by atoms with Gasteiger partial charge in [-0.05, 0) is 50.4 Å². The summed E-state index contributed by atoms with van der Waals surface area (Å²) in [6, 6.07) is 1.01. The van der Waals surface area contributed by atoms with Crippen molar-refractivity contribution in [3.8, 4) is 0 Å². The van der Waals surface area contributed by atoms with Gasteiger partial charge in [0.15, 0.2) is 0 Å². The van der Waals surface area contributed by atoms with Crippen molar-refractivity contribution < 1.29 is 0 Å². The summed E-state index contributed by atoms with van der Waals surface area (Å²) in [7, 11) is 0. The zero-order valence-electron chi connectivity index (χ0n) is 31.0. The Morgan fingerprint density at radius 3 is 0.822 bits per heavy atom. The molecule has 3 heteroatoms. The number of dihydropyridines is 1. The first-order chi connectivity index (χ1) is 18.7. The van der Waals surface area contributed by atoms with Crippen LogP contribution in [0.4, 0.5) is 0 Å². The Labute approximate surface area is 284 Å². The van der Waals surface area contributed by atoms with Crippen LogP contribution >= 0.6 is 0 Å². The third-order valence-corrected chi connectivity index (χ3v) is 8.65. The molecule has 0 amide bonds. The van der Waals surface area contributed by atoms with Crippen molar-refractivity contribution in [2.24, 2.45) is 65.2 Å². The zero-order valence-corrected chi connectivity index (χ0v) is 31.0. The number of aliphatic imine (C=N–C) groups is 3. The lowest BCUT2D eigenvalue weighted by atomic mass is 9.63. The van der Waals surface area contributed by atoms with Gasteiger partial charge in [-0.25, -0.2) is 0 Å². The fourth-order valence-electron chi connectivity index (χ4n) is 6.12. The van der Waals surface area contributed by atoms with E-state index in [9.17, 15) is 0 Å². The molecule has 3 rings (SSSR count). The Bertz CT molecular complexity index is 792. The molecule has 3 nitrogen and oxygen atoms in total. The quantitative estimate of drug-likeness (QED) is 0.256. The van der Waals surface area contributed by atoms with Crippen LogP contribution in [0.3, 0.4) is 0 Å². The number of hydrogen-bond donors (Lipinski definition) is 0. The average molecular weight is 628 g/mol. The maximum atomic E-state index is 4.64. The van der Waals surface area contributed by atoms with Crippen molar-refractivity contribution in [2.45, 2.75) is 165 Å². The molecule has 0 aromatic carbocycles. The van der Waals surface area contributed by atoms with Gasteiger partial charge in [-0.3, -0.25) is 15.0 Å². The van der Waals surface area contributed by atoms with Gasteiger partial charge in [0, 0.05) is 24.6 Å². The Hall–Kier alpha value is -1.77. The van der Waals surface area contributed by atoms with Crippen LogP contribution in [0, 0.1) is 50.2 Å². The normalized spacial score (nSPS) is 26.3. The molecule has 2 aliphatic heterocycles. The van der Waals surface area contributed by atoms with Gasteiger partial charge in [0.1, 0.15) is 0 Å². The van der Waals surface area contributed by atoms with Crippen LogP contribution in [0.15, 0.2) is 51.4 Å². The SMILES string of the molecule is C.C.C.CC(C)(C)C1C=CC=CC1C(C)(C)C.CC(C)(C)C1C=CC=NC1C(C)(C)C.CC(C)(C)C1N=CC=NC1C(C)(C)C. The second-order valence-corrected chi connectivity index (χ2v) is 19.2. The topological polar surface area (TPSA) is 37.1 Å². The molecule has 264 valence electrons. The molecule has 6 atom stereocenters. The molecular formula is C42H81N3. The Morgan fingerprint density at radius 1 is 0.311 bits per heavy atom. The van der Waals surface area contributed by atoms with Crippen LogP contribution in [0.2, 0.25) is 0 Å². The molecule has 0 bridgehead atoms. The van der Waals surface area contributed by atoms with Crippen molar-refractivity contribution in [3.05, 3.63) is 36.5 Å². The third kappa shape index (κ3) is 15.1. The van der Waals surface area contributed by atoms with E-state index in [1.165, 1.54) is 0 Å². The van der Waals surface area contributed by atoms with E-state index >= 15 is 0 Å². The maximum absolute atomic E-state index is 4.64. The highest BCUT2D eigenvalue weighted by Crippen LogP contribution is 2.44. The maximum Gasteiger partial charge on any atom is 0.0776 e. The van der Waals surface area contributed by atoms with Crippen LogP contribution < -0.4 is 0 Å². The lowest BCUT2D eigenvalue weighted by Gasteiger charge is -2.42. The molecule has 0 aromatic rings. The van der Waals surface area contributed by atoms with Crippen molar-refractivity contribution in [1.82, 2.24) is 0 Å². The highest BCUT2D eigenvalue weighted by Gasteiger charge is 2.40. The fourth-order valence-corrected chi connectivity index (χ4v) is 6.12. The summed E-state index contributed by atoms with van der Waals surface area (Å²) in [5.74, 6) is 1.87. The monoisotopic (exact) mass is 628 g/mol. The summed E-state index contributed by atoms with van der Waals surface area (Å²) in [6.45, 7) is 41.1. The van der Waals surface area contributed by atoms with Gasteiger partial charge in [0.2, 0.25) is 0 Å². The first kappa shape index (κ1) is 47.6. The van der Waals surface area contributed by atoms with E-state index in [4.69, 9.17) is 0 Å². The second kappa shape index (κ2) is 17.4. The molecular weight excluding hydrogens is 546 g/mol. The molecule has 0 saturated heterocycles. The lowest BCUT2D eigenvalue weighted by molar-refractivity contribution is 0.141. The summed E-state index contributed by atoms with van der Waals surface area (Å²) in [4.78, 5) is 13.8. The first-order valence-electron chi connectivity index (χ1n) is 16.3. The summed E-state index contributed by atoms with van der Waals surface area (Å²) in [5.41, 5.74) is 1.64. The number of hydrogen-bond acceptors (Lipinski definition) is 3. The molecule has 45 heavy (non-hydrogen) atoms. The molecule has 0 radical (unpaired) electrons. The van der Waals surface area contributed by atoms with E-state index in [0.717, 1.165) is 0 Å². The minimum Gasteiger partial charge on any atom is -0.289 e. The van der Waals surface area contributed by atoms with Crippen molar-refractivity contribution in [1.29, 1.82) is 0 Å². The predicted octanol–water partition coefficient (Wildman–Crippen LogP) is 13.0. The number of allylic oxidation sites excluding steroid dienone is 5. The molecule has 0 saturated carbocycles. The number of rotatable bonds is 0. The van der Waals surface area contributed by atoms with E-state index in [1.54, 1.807) is 0 Å². The van der Waals surface area contributed by atoms with Gasteiger partial charge < -0.3 is 0 Å². The van der Waals surface area contributed by atoms with Crippen LogP contribution in [0.5, 0.6) is 0 Å². The second-order valence-electron chi connectivity index (χ2n) is 19.2. The zero-order chi connectivity index (χ0) is 32.9. The highest BCUT2D eigenvalue weighted by molar-refractivity contribution is 6.16. The minimum absolute atomic E-state index is 0. The van der Waals surface area contributed by atoms with E-state index in [1.807, 2.05) is 18.6 Å². The van der Waals surface area contributed by atoms with Gasteiger partial charge in [-0.2, -0.15) is 0 Å². The Balaban J connectivity index is -0.000000569. The fraction of sp³-hybridized carbons (Fsp3) is 0.786. The van der Waals surface area contributed by atoms with Crippen LogP contribution in [-0.2, 0) is 0 Å². The largest absolute Gasteiger partial charge is 0.289 e. The first-order valence-corrected chi connectivity index (χ1v) is 16.3. The molecule has 2 heterocycles. The van der Waals surface area contributed by atoms with Crippen molar-refractivity contribution in [3.63, 3.8) is 0 Å². The molecule has 0 aromatic heterocycles. The Morgan fingerprint density at radius 2 is 0.578 bits per heavy atom. The van der Waals surface area contributed by atoms with Gasteiger partial charge in [0.25, 0.3) is 0 Å². The van der Waals surface area contributed by atoms with Gasteiger partial charge >= 0.3 is 0 Å². The van der Waals surface area contributed by atoms with Crippen molar-refractivity contribution >= 4 is 18.6 Å². The highest BCUT2D eigenvalue weighted by atomic mass is 15.0. The van der Waals surface area contributed by atoms with E-state index in [0.29, 0.717) is 52.1 Å². The van der Waals surface area contributed by atoms with Crippen molar-refractivity contribution in [2.75, 3.05) is 0 Å². The predicted molar refractivity (Wildman–Crippen MR) is 212 cm³/mol. The van der Waals surface area contributed by atoms with Crippen LogP contribution in [0.1, 0.15) is 147 Å². The Kier molecular flexibility index (Phi) is 18.4. The molecule has 1 aliphatic carbocycles. The lowest BCUT2D eigenvalue weighted by Crippen LogP contribution is -2.44. The van der Waals surface area contributed by atoms with Crippen LogP contribution in [-0.4, -0.2) is 36.8 Å². The third-order valence-electron chi connectivity index (χ3n) is 8.65. The summed E-state index contributed by atoms with van der Waals surface area (Å²) >= 11 is 0. The van der Waals surface area contributed by atoms with E-state index < -0.39 is 0 Å². The van der Waals surface area contributed by atoms with E-state index in [2.05, 4.69) is 176 Å². The van der Waals surface area contributed by atoms with Crippen LogP contribution in [0.25, 0.3) is 0 Å². The van der Waals surface area contributed by atoms with Gasteiger partial charge in [0.05, 0.1) is 18.1 Å². The summed E-state index contributed by atoms with van der Waals surface area (Å²) in [5, 5.41) is 0. The smallest absolute Gasteiger partial charge is 0.0776 e.